The summed E-state index contributed by atoms with van der Waals surface area (Å²) >= 11 is 0. The number of nitrogens with zero attached hydrogens (tertiary/aromatic N) is 2. The van der Waals surface area contributed by atoms with Crippen LogP contribution < -0.4 is 16.0 Å². The molecule has 1 aliphatic heterocycles. The van der Waals surface area contributed by atoms with Crippen LogP contribution in [0, 0.1) is 12.3 Å². The van der Waals surface area contributed by atoms with Gasteiger partial charge in [-0.05, 0) is 51.1 Å². The molecule has 2 rings (SSSR count). The number of anilines is 1. The molecule has 1 saturated heterocycles. The van der Waals surface area contributed by atoms with E-state index in [0.29, 0.717) is 17.7 Å². The van der Waals surface area contributed by atoms with Crippen molar-refractivity contribution in [1.82, 2.24) is 15.5 Å². The molecule has 1 aromatic rings. The molecule has 1 aromatic carbocycles. The zero-order valence-electron chi connectivity index (χ0n) is 15.7. The highest BCUT2D eigenvalue weighted by molar-refractivity contribution is 5.94. The fraction of sp³-hybridized carbons (Fsp3) is 0.500. The van der Waals surface area contributed by atoms with Gasteiger partial charge >= 0.3 is 0 Å². The molecular weight excluding hydrogens is 326 g/mol. The number of carbonyl (C=O) groups excluding carboxylic acids is 1. The van der Waals surface area contributed by atoms with Gasteiger partial charge in [0.15, 0.2) is 5.96 Å². The third-order valence-corrected chi connectivity index (χ3v) is 4.45. The third-order valence-electron chi connectivity index (χ3n) is 4.45. The van der Waals surface area contributed by atoms with Crippen molar-refractivity contribution in [2.24, 2.45) is 4.99 Å². The van der Waals surface area contributed by atoms with Crippen molar-refractivity contribution in [2.45, 2.75) is 32.7 Å². The summed E-state index contributed by atoms with van der Waals surface area (Å²) in [6.07, 6.45) is 7.83. The largest absolute Gasteiger partial charge is 0.357 e. The van der Waals surface area contributed by atoms with Gasteiger partial charge in [0.05, 0.1) is 0 Å². The van der Waals surface area contributed by atoms with Crippen LogP contribution in [-0.4, -0.2) is 55.5 Å². The standard InChI is InChI=1S/C20H29N5O/c1-4-16-9-7-10-17(13-16)24-19(26)15-23-20(21-5-2)22-14-18-11-8-12-25(18)6-3/h1,7,9-10,13,18H,5-6,8,11-12,14-15H2,2-3H3,(H,24,26)(H2,21,22,23). The van der Waals surface area contributed by atoms with Crippen LogP contribution in [0.5, 0.6) is 0 Å². The second-order valence-electron chi connectivity index (χ2n) is 6.27. The molecule has 0 aromatic heterocycles. The Morgan fingerprint density at radius 1 is 1.38 bits per heavy atom. The average Bonchev–Trinajstić information content (AvgIpc) is 3.11. The Hall–Kier alpha value is -2.52. The Balaban J connectivity index is 1.86. The van der Waals surface area contributed by atoms with E-state index >= 15 is 0 Å². The zero-order valence-corrected chi connectivity index (χ0v) is 15.7. The predicted molar refractivity (Wildman–Crippen MR) is 107 cm³/mol. The Kier molecular flexibility index (Phi) is 7.97. The SMILES string of the molecule is C#Cc1cccc(NC(=O)CN=C(NCC)NCC2CCCN2CC)c1. The molecule has 1 fully saturated rings. The lowest BCUT2D eigenvalue weighted by Crippen LogP contribution is -2.45. The summed E-state index contributed by atoms with van der Waals surface area (Å²) in [4.78, 5) is 19.0. The molecule has 140 valence electrons. The topological polar surface area (TPSA) is 68.8 Å². The van der Waals surface area contributed by atoms with Crippen LogP contribution in [0.4, 0.5) is 5.69 Å². The number of aliphatic imine (C=N–C) groups is 1. The number of benzene rings is 1. The summed E-state index contributed by atoms with van der Waals surface area (Å²) in [7, 11) is 0. The molecule has 1 amide bonds. The van der Waals surface area contributed by atoms with E-state index in [-0.39, 0.29) is 12.5 Å². The van der Waals surface area contributed by atoms with E-state index in [1.807, 2.05) is 25.1 Å². The molecule has 0 bridgehead atoms. The first-order chi connectivity index (χ1) is 12.7. The molecule has 0 aliphatic carbocycles. The molecule has 1 unspecified atom stereocenters. The van der Waals surface area contributed by atoms with Crippen LogP contribution in [0.3, 0.4) is 0 Å². The van der Waals surface area contributed by atoms with E-state index in [2.05, 4.69) is 38.7 Å². The van der Waals surface area contributed by atoms with E-state index in [0.717, 1.165) is 31.7 Å². The maximum Gasteiger partial charge on any atom is 0.246 e. The molecule has 0 saturated carbocycles. The average molecular weight is 355 g/mol. The number of amides is 1. The molecule has 3 N–H and O–H groups in total. The normalized spacial score (nSPS) is 17.6. The van der Waals surface area contributed by atoms with Crippen LogP contribution in [0.25, 0.3) is 0 Å². The molecule has 1 heterocycles. The Morgan fingerprint density at radius 3 is 2.96 bits per heavy atom. The van der Waals surface area contributed by atoms with Gasteiger partial charge in [0, 0.05) is 30.4 Å². The van der Waals surface area contributed by atoms with Gasteiger partial charge in [0.2, 0.25) is 5.91 Å². The number of hydrogen-bond donors (Lipinski definition) is 3. The fourth-order valence-electron chi connectivity index (χ4n) is 3.14. The number of carbonyl (C=O) groups is 1. The highest BCUT2D eigenvalue weighted by atomic mass is 16.1. The van der Waals surface area contributed by atoms with Crippen molar-refractivity contribution in [3.05, 3.63) is 29.8 Å². The van der Waals surface area contributed by atoms with E-state index in [1.165, 1.54) is 12.8 Å². The second kappa shape index (κ2) is 10.5. The number of terminal acetylenes is 1. The summed E-state index contributed by atoms with van der Waals surface area (Å²) in [5.41, 5.74) is 1.42. The minimum absolute atomic E-state index is 0.0533. The molecular formula is C20H29N5O. The lowest BCUT2D eigenvalue weighted by Gasteiger charge is -2.23. The van der Waals surface area contributed by atoms with Crippen molar-refractivity contribution >= 4 is 17.6 Å². The predicted octanol–water partition coefficient (Wildman–Crippen LogP) is 1.65. The van der Waals surface area contributed by atoms with Crippen LogP contribution in [0.15, 0.2) is 29.3 Å². The van der Waals surface area contributed by atoms with Gasteiger partial charge in [-0.3, -0.25) is 9.69 Å². The van der Waals surface area contributed by atoms with Crippen LogP contribution in [0.2, 0.25) is 0 Å². The quantitative estimate of drug-likeness (QED) is 0.395. The van der Waals surface area contributed by atoms with E-state index in [4.69, 9.17) is 6.42 Å². The van der Waals surface area contributed by atoms with Crippen molar-refractivity contribution in [2.75, 3.05) is 38.0 Å². The molecule has 26 heavy (non-hydrogen) atoms. The summed E-state index contributed by atoms with van der Waals surface area (Å²) in [6.45, 7) is 8.07. The highest BCUT2D eigenvalue weighted by Gasteiger charge is 2.22. The van der Waals surface area contributed by atoms with Crippen molar-refractivity contribution in [3.8, 4) is 12.3 Å². The van der Waals surface area contributed by atoms with Crippen molar-refractivity contribution < 1.29 is 4.79 Å². The number of hydrogen-bond acceptors (Lipinski definition) is 3. The Labute approximate surface area is 156 Å². The van der Waals surface area contributed by atoms with Gasteiger partial charge in [-0.2, -0.15) is 0 Å². The van der Waals surface area contributed by atoms with E-state index < -0.39 is 0 Å². The monoisotopic (exact) mass is 355 g/mol. The number of likely N-dealkylation sites (N-methyl/N-ethyl adjacent to an activating group) is 1. The van der Waals surface area contributed by atoms with Gasteiger partial charge in [-0.25, -0.2) is 4.99 Å². The van der Waals surface area contributed by atoms with Crippen LogP contribution >= 0.6 is 0 Å². The van der Waals surface area contributed by atoms with Gasteiger partial charge in [-0.15, -0.1) is 6.42 Å². The first-order valence-electron chi connectivity index (χ1n) is 9.29. The van der Waals surface area contributed by atoms with Gasteiger partial charge < -0.3 is 16.0 Å². The molecule has 6 heteroatoms. The first-order valence-corrected chi connectivity index (χ1v) is 9.29. The summed E-state index contributed by atoms with van der Waals surface area (Å²) < 4.78 is 0. The summed E-state index contributed by atoms with van der Waals surface area (Å²) in [5.74, 6) is 3.05. The van der Waals surface area contributed by atoms with Crippen molar-refractivity contribution in [3.63, 3.8) is 0 Å². The van der Waals surface area contributed by atoms with Gasteiger partial charge in [0.1, 0.15) is 6.54 Å². The van der Waals surface area contributed by atoms with Crippen LogP contribution in [-0.2, 0) is 4.79 Å². The fourth-order valence-corrected chi connectivity index (χ4v) is 3.14. The van der Waals surface area contributed by atoms with Crippen LogP contribution in [0.1, 0.15) is 32.3 Å². The van der Waals surface area contributed by atoms with Gasteiger partial charge in [0.25, 0.3) is 0 Å². The number of guanidine groups is 1. The Bertz CT molecular complexity index is 664. The summed E-state index contributed by atoms with van der Waals surface area (Å²) in [5, 5.41) is 9.37. The second-order valence-corrected chi connectivity index (χ2v) is 6.27. The molecule has 1 aliphatic rings. The minimum atomic E-state index is -0.174. The smallest absolute Gasteiger partial charge is 0.246 e. The number of rotatable bonds is 7. The number of likely N-dealkylation sites (tertiary alicyclic amines) is 1. The number of nitrogens with one attached hydrogen (secondary N) is 3. The molecule has 0 radical (unpaired) electrons. The Morgan fingerprint density at radius 2 is 2.23 bits per heavy atom. The lowest BCUT2D eigenvalue weighted by atomic mass is 10.2. The maximum absolute atomic E-state index is 12.1. The first kappa shape index (κ1) is 19.8. The van der Waals surface area contributed by atoms with Gasteiger partial charge in [-0.1, -0.05) is 18.9 Å². The molecule has 0 spiro atoms. The zero-order chi connectivity index (χ0) is 18.8. The van der Waals surface area contributed by atoms with E-state index in [9.17, 15) is 4.79 Å². The van der Waals surface area contributed by atoms with Crippen molar-refractivity contribution in [1.29, 1.82) is 0 Å². The molecule has 1 atom stereocenters. The lowest BCUT2D eigenvalue weighted by molar-refractivity contribution is -0.114. The van der Waals surface area contributed by atoms with E-state index in [1.54, 1.807) is 6.07 Å². The third kappa shape index (κ3) is 6.08. The summed E-state index contributed by atoms with van der Waals surface area (Å²) in [6, 6.07) is 7.75. The molecule has 6 nitrogen and oxygen atoms in total. The highest BCUT2D eigenvalue weighted by Crippen LogP contribution is 2.15. The minimum Gasteiger partial charge on any atom is -0.357 e. The maximum atomic E-state index is 12.1.